The van der Waals surface area contributed by atoms with Crippen LogP contribution in [0.4, 0.5) is 5.82 Å². The van der Waals surface area contributed by atoms with E-state index < -0.39 is 0 Å². The highest BCUT2D eigenvalue weighted by molar-refractivity contribution is 5.90. The van der Waals surface area contributed by atoms with Crippen molar-refractivity contribution in [3.63, 3.8) is 0 Å². The molecule has 2 atom stereocenters. The highest BCUT2D eigenvalue weighted by Crippen LogP contribution is 2.29. The molecule has 0 spiro atoms. The zero-order valence-corrected chi connectivity index (χ0v) is 24.3. The number of hydrogen-bond acceptors (Lipinski definition) is 10. The number of benzene rings is 1. The van der Waals surface area contributed by atoms with Crippen LogP contribution in [0, 0.1) is 18.3 Å². The standard InChI is InChI=1S/C31H33N9O3/c1-4-26(41)39-17-16-38(18-21(39)12-13-32)29-27-28(35-31(36-29)43-19-22-8-7-15-37(22)3)30(42)40(20(2)34-27)25-11-5-10-24-23(25)9-6-14-33-24/h4-6,9-11,14,21-22H,1,7-8,12,15-19H2,2-3H3/t21-,22-/m0/s1. The number of aryl methyl sites for hydroxylation is 1. The highest BCUT2D eigenvalue weighted by Gasteiger charge is 2.32. The van der Waals surface area contributed by atoms with Gasteiger partial charge in [0.2, 0.25) is 5.91 Å². The molecule has 12 heteroatoms. The van der Waals surface area contributed by atoms with E-state index in [1.165, 1.54) is 6.08 Å². The number of nitriles is 1. The Kier molecular flexibility index (Phi) is 7.73. The van der Waals surface area contributed by atoms with E-state index in [2.05, 4.69) is 34.6 Å². The molecule has 43 heavy (non-hydrogen) atoms. The number of ether oxygens (including phenoxy) is 1. The van der Waals surface area contributed by atoms with Crippen LogP contribution in [0.1, 0.15) is 25.1 Å². The number of amides is 1. The molecule has 5 heterocycles. The van der Waals surface area contributed by atoms with Gasteiger partial charge < -0.3 is 19.4 Å². The minimum atomic E-state index is -0.379. The Bertz CT molecular complexity index is 1810. The fourth-order valence-electron chi connectivity index (χ4n) is 6.09. The molecule has 0 saturated carbocycles. The van der Waals surface area contributed by atoms with Crippen molar-refractivity contribution in [2.24, 2.45) is 0 Å². The summed E-state index contributed by atoms with van der Waals surface area (Å²) in [6.45, 7) is 7.91. The molecule has 0 N–H and O–H groups in total. The van der Waals surface area contributed by atoms with Crippen molar-refractivity contribution >= 4 is 33.7 Å². The van der Waals surface area contributed by atoms with E-state index in [0.29, 0.717) is 49.1 Å². The molecule has 6 rings (SSSR count). The van der Waals surface area contributed by atoms with Crippen LogP contribution in [-0.2, 0) is 4.79 Å². The molecule has 2 aliphatic heterocycles. The number of likely N-dealkylation sites (tertiary alicyclic amines) is 1. The summed E-state index contributed by atoms with van der Waals surface area (Å²) in [6, 6.07) is 11.5. The van der Waals surface area contributed by atoms with Crippen molar-refractivity contribution in [3.05, 3.63) is 65.4 Å². The van der Waals surface area contributed by atoms with Gasteiger partial charge in [0.1, 0.15) is 17.9 Å². The summed E-state index contributed by atoms with van der Waals surface area (Å²) < 4.78 is 7.70. The van der Waals surface area contributed by atoms with Crippen molar-refractivity contribution in [2.45, 2.75) is 38.3 Å². The van der Waals surface area contributed by atoms with Gasteiger partial charge in [0.25, 0.3) is 5.56 Å². The third-order valence-electron chi connectivity index (χ3n) is 8.35. The first-order chi connectivity index (χ1) is 20.9. The molecule has 0 aliphatic carbocycles. The summed E-state index contributed by atoms with van der Waals surface area (Å²) >= 11 is 0. The van der Waals surface area contributed by atoms with E-state index in [1.54, 1.807) is 22.6 Å². The minimum absolute atomic E-state index is 0.0955. The molecule has 0 unspecified atom stereocenters. The van der Waals surface area contributed by atoms with Crippen LogP contribution in [0.25, 0.3) is 27.6 Å². The maximum Gasteiger partial charge on any atom is 0.319 e. The molecule has 220 valence electrons. The third-order valence-corrected chi connectivity index (χ3v) is 8.35. The first kappa shape index (κ1) is 28.2. The van der Waals surface area contributed by atoms with Crippen LogP contribution in [0.3, 0.4) is 0 Å². The summed E-state index contributed by atoms with van der Waals surface area (Å²) in [5.41, 5.74) is 1.55. The number of piperazine rings is 1. The zero-order chi connectivity index (χ0) is 30.1. The Hall–Kier alpha value is -4.89. The second-order valence-corrected chi connectivity index (χ2v) is 11.0. The molecule has 2 aliphatic rings. The topological polar surface area (TPSA) is 133 Å². The Labute approximate surface area is 248 Å². The van der Waals surface area contributed by atoms with Crippen LogP contribution < -0.4 is 15.2 Å². The lowest BCUT2D eigenvalue weighted by Gasteiger charge is -2.40. The number of carbonyl (C=O) groups excluding carboxylic acids is 1. The number of rotatable bonds is 7. The molecule has 4 aromatic rings. The van der Waals surface area contributed by atoms with Gasteiger partial charge in [-0.05, 0) is 63.7 Å². The number of carbonyl (C=O) groups is 1. The lowest BCUT2D eigenvalue weighted by molar-refractivity contribution is -0.128. The monoisotopic (exact) mass is 579 g/mol. The van der Waals surface area contributed by atoms with E-state index in [-0.39, 0.29) is 41.5 Å². The predicted octanol–water partition coefficient (Wildman–Crippen LogP) is 2.62. The van der Waals surface area contributed by atoms with E-state index in [4.69, 9.17) is 14.7 Å². The largest absolute Gasteiger partial charge is 0.462 e. The van der Waals surface area contributed by atoms with Gasteiger partial charge in [-0.3, -0.25) is 19.1 Å². The second-order valence-electron chi connectivity index (χ2n) is 11.0. The maximum absolute atomic E-state index is 14.3. The van der Waals surface area contributed by atoms with Gasteiger partial charge in [0.15, 0.2) is 11.3 Å². The fourth-order valence-corrected chi connectivity index (χ4v) is 6.09. The van der Waals surface area contributed by atoms with Crippen molar-refractivity contribution in [1.29, 1.82) is 5.26 Å². The van der Waals surface area contributed by atoms with Gasteiger partial charge in [0, 0.05) is 37.3 Å². The molecule has 12 nitrogen and oxygen atoms in total. The molecule has 0 bridgehead atoms. The van der Waals surface area contributed by atoms with E-state index in [9.17, 15) is 14.9 Å². The van der Waals surface area contributed by atoms with Crippen molar-refractivity contribution in [3.8, 4) is 17.8 Å². The Morgan fingerprint density at radius 2 is 2.00 bits per heavy atom. The average Bonchev–Trinajstić information content (AvgIpc) is 3.44. The Morgan fingerprint density at radius 1 is 1.14 bits per heavy atom. The average molecular weight is 580 g/mol. The molecule has 0 radical (unpaired) electrons. The summed E-state index contributed by atoms with van der Waals surface area (Å²) in [6.07, 6.45) is 5.23. The SMILES string of the molecule is C=CC(=O)N1CCN(c2nc(OC[C@@H]3CCCN3C)nc3c(=O)n(-c4cccc5ncccc45)c(C)nc23)C[C@@H]1CC#N. The zero-order valence-electron chi connectivity index (χ0n) is 24.3. The minimum Gasteiger partial charge on any atom is -0.462 e. The fraction of sp³-hybridized carbons (Fsp3) is 0.387. The van der Waals surface area contributed by atoms with Gasteiger partial charge in [0.05, 0.1) is 29.7 Å². The van der Waals surface area contributed by atoms with Crippen LogP contribution in [0.15, 0.2) is 54.0 Å². The number of anilines is 1. The highest BCUT2D eigenvalue weighted by atomic mass is 16.5. The second kappa shape index (κ2) is 11.8. The van der Waals surface area contributed by atoms with E-state index in [1.807, 2.05) is 35.2 Å². The van der Waals surface area contributed by atoms with Crippen molar-refractivity contribution in [1.82, 2.24) is 34.3 Å². The summed E-state index contributed by atoms with van der Waals surface area (Å²) in [5, 5.41) is 10.3. The summed E-state index contributed by atoms with van der Waals surface area (Å²) in [5.74, 6) is 0.688. The molecular weight excluding hydrogens is 546 g/mol. The first-order valence-electron chi connectivity index (χ1n) is 14.4. The normalized spacial score (nSPS) is 19.1. The first-order valence-corrected chi connectivity index (χ1v) is 14.4. The third kappa shape index (κ3) is 5.28. The molecule has 1 aromatic carbocycles. The number of fused-ring (bicyclic) bond motifs is 2. The number of hydrogen-bond donors (Lipinski definition) is 0. The lowest BCUT2D eigenvalue weighted by Crippen LogP contribution is -2.55. The van der Waals surface area contributed by atoms with E-state index >= 15 is 0 Å². The van der Waals surface area contributed by atoms with Crippen LogP contribution in [0.5, 0.6) is 6.01 Å². The van der Waals surface area contributed by atoms with E-state index in [0.717, 1.165) is 30.3 Å². The number of nitrogens with zero attached hydrogens (tertiary/aromatic N) is 9. The van der Waals surface area contributed by atoms with Gasteiger partial charge in [-0.15, -0.1) is 0 Å². The smallest absolute Gasteiger partial charge is 0.319 e. The summed E-state index contributed by atoms with van der Waals surface area (Å²) in [4.78, 5) is 51.4. The Morgan fingerprint density at radius 3 is 2.77 bits per heavy atom. The Balaban J connectivity index is 1.48. The number of aromatic nitrogens is 5. The van der Waals surface area contributed by atoms with Crippen LogP contribution in [-0.4, -0.2) is 92.1 Å². The summed E-state index contributed by atoms with van der Waals surface area (Å²) in [7, 11) is 2.07. The van der Waals surface area contributed by atoms with Crippen molar-refractivity contribution in [2.75, 3.05) is 44.7 Å². The van der Waals surface area contributed by atoms with Crippen molar-refractivity contribution < 1.29 is 9.53 Å². The van der Waals surface area contributed by atoms with Gasteiger partial charge in [-0.25, -0.2) is 4.98 Å². The van der Waals surface area contributed by atoms with Gasteiger partial charge in [-0.2, -0.15) is 15.2 Å². The number of likely N-dealkylation sites (N-methyl/N-ethyl adjacent to an activating group) is 1. The molecule has 2 fully saturated rings. The lowest BCUT2D eigenvalue weighted by atomic mass is 10.1. The quantitative estimate of drug-likeness (QED) is 0.301. The predicted molar refractivity (Wildman–Crippen MR) is 162 cm³/mol. The molecule has 2 saturated heterocycles. The van der Waals surface area contributed by atoms with Gasteiger partial charge >= 0.3 is 6.01 Å². The van der Waals surface area contributed by atoms with Crippen LogP contribution in [0.2, 0.25) is 0 Å². The molecular formula is C31H33N9O3. The van der Waals surface area contributed by atoms with Crippen LogP contribution >= 0.6 is 0 Å². The maximum atomic E-state index is 14.3. The molecule has 3 aromatic heterocycles. The number of pyridine rings is 1. The molecule has 1 amide bonds. The van der Waals surface area contributed by atoms with Gasteiger partial charge in [-0.1, -0.05) is 12.6 Å².